The molecule has 0 atom stereocenters. The van der Waals surface area contributed by atoms with Crippen LogP contribution in [0.2, 0.25) is 0 Å². The molecule has 1 aromatic heterocycles. The number of hydrogen-bond donors (Lipinski definition) is 0. The fraction of sp³-hybridized carbons (Fsp3) is 0. The topological polar surface area (TPSA) is 82.1 Å². The molecule has 8 heteroatoms. The third-order valence-electron chi connectivity index (χ3n) is 2.78. The third-order valence-corrected chi connectivity index (χ3v) is 2.78. The van der Waals surface area contributed by atoms with E-state index in [1.807, 2.05) is 30.3 Å². The molecule has 0 radical (unpaired) electrons. The molecule has 0 N–H and O–H groups in total. The zero-order valence-corrected chi connectivity index (χ0v) is 12.7. The number of halogens is 2. The summed E-state index contributed by atoms with van der Waals surface area (Å²) in [5.74, 6) is 0.817. The maximum absolute atomic E-state index is 10.6. The molecule has 0 spiro atoms. The molecule has 0 unspecified atom stereocenters. The Morgan fingerprint density at radius 3 is 2.14 bits per heavy atom. The minimum atomic E-state index is -0.451. The van der Waals surface area contributed by atoms with Gasteiger partial charge in [0, 0.05) is 23.3 Å². The average Bonchev–Trinajstić information content (AvgIpc) is 2.98. The molecule has 114 valence electrons. The molecule has 2 aromatic carbocycles. The van der Waals surface area contributed by atoms with Gasteiger partial charge in [-0.1, -0.05) is 35.5 Å². The highest BCUT2D eigenvalue weighted by molar-refractivity contribution is 5.85. The van der Waals surface area contributed by atoms with E-state index in [2.05, 4.69) is 10.1 Å². The van der Waals surface area contributed by atoms with Crippen LogP contribution in [0.4, 0.5) is 5.69 Å². The Bertz CT molecular complexity index is 746. The van der Waals surface area contributed by atoms with Crippen molar-refractivity contribution in [1.29, 1.82) is 0 Å². The van der Waals surface area contributed by atoms with Gasteiger partial charge in [-0.05, 0) is 12.1 Å². The summed E-state index contributed by atoms with van der Waals surface area (Å²) in [7, 11) is 0. The van der Waals surface area contributed by atoms with Crippen molar-refractivity contribution in [2.75, 3.05) is 0 Å². The van der Waals surface area contributed by atoms with Gasteiger partial charge in [0.1, 0.15) is 0 Å². The summed E-state index contributed by atoms with van der Waals surface area (Å²) < 4.78 is 5.17. The van der Waals surface area contributed by atoms with Crippen LogP contribution in [0.15, 0.2) is 59.1 Å². The zero-order valence-electron chi connectivity index (χ0n) is 11.1. The highest BCUT2D eigenvalue weighted by Gasteiger charge is 2.12. The molecule has 1 heterocycles. The van der Waals surface area contributed by atoms with Crippen LogP contribution < -0.4 is 0 Å². The molecule has 0 fully saturated rings. The van der Waals surface area contributed by atoms with Gasteiger partial charge in [0.25, 0.3) is 11.6 Å². The number of nitro benzene ring substituents is 1. The van der Waals surface area contributed by atoms with Crippen LogP contribution >= 0.6 is 24.8 Å². The standard InChI is InChI=1S/C14H9N3O3.2ClH/c18-17(19)12-8-6-11(7-9-12)14-15-13(16-20-14)10-4-2-1-3-5-10;;/h1-9H;2*1H. The second kappa shape index (κ2) is 7.53. The molecule has 3 aromatic rings. The van der Waals surface area contributed by atoms with Crippen molar-refractivity contribution in [2.45, 2.75) is 0 Å². The lowest BCUT2D eigenvalue weighted by atomic mass is 10.2. The first-order valence-electron chi connectivity index (χ1n) is 5.88. The van der Waals surface area contributed by atoms with Crippen LogP contribution in [0.1, 0.15) is 0 Å². The number of non-ortho nitro benzene ring substituents is 1. The van der Waals surface area contributed by atoms with Crippen molar-refractivity contribution in [3.05, 3.63) is 64.7 Å². The fourth-order valence-corrected chi connectivity index (χ4v) is 1.77. The second-order valence-corrected chi connectivity index (χ2v) is 4.09. The summed E-state index contributed by atoms with van der Waals surface area (Å²) in [5.41, 5.74) is 1.52. The van der Waals surface area contributed by atoms with E-state index in [9.17, 15) is 10.1 Å². The first-order chi connectivity index (χ1) is 9.74. The summed E-state index contributed by atoms with van der Waals surface area (Å²) >= 11 is 0. The largest absolute Gasteiger partial charge is 0.334 e. The Morgan fingerprint density at radius 2 is 1.55 bits per heavy atom. The number of benzene rings is 2. The van der Waals surface area contributed by atoms with Gasteiger partial charge in [-0.2, -0.15) is 4.98 Å². The Morgan fingerprint density at radius 1 is 0.909 bits per heavy atom. The van der Waals surface area contributed by atoms with Crippen molar-refractivity contribution in [2.24, 2.45) is 0 Å². The normalized spacial score (nSPS) is 9.45. The van der Waals surface area contributed by atoms with Crippen LogP contribution in [-0.2, 0) is 0 Å². The summed E-state index contributed by atoms with van der Waals surface area (Å²) in [5, 5.41) is 14.5. The summed E-state index contributed by atoms with van der Waals surface area (Å²) in [6.07, 6.45) is 0. The maximum Gasteiger partial charge on any atom is 0.269 e. The Hall–Kier alpha value is -2.44. The van der Waals surface area contributed by atoms with Crippen molar-refractivity contribution in [3.8, 4) is 22.8 Å². The molecular weight excluding hydrogens is 329 g/mol. The highest BCUT2D eigenvalue weighted by atomic mass is 35.5. The van der Waals surface area contributed by atoms with Gasteiger partial charge in [0.2, 0.25) is 5.82 Å². The molecule has 0 saturated carbocycles. The molecule has 22 heavy (non-hydrogen) atoms. The van der Waals surface area contributed by atoms with Crippen LogP contribution in [0.25, 0.3) is 22.8 Å². The lowest BCUT2D eigenvalue weighted by molar-refractivity contribution is -0.384. The summed E-state index contributed by atoms with van der Waals surface area (Å²) in [4.78, 5) is 14.4. The Kier molecular flexibility index (Phi) is 6.03. The maximum atomic E-state index is 10.6. The van der Waals surface area contributed by atoms with Gasteiger partial charge in [-0.25, -0.2) is 0 Å². The Labute approximate surface area is 138 Å². The van der Waals surface area contributed by atoms with Crippen LogP contribution in [0.3, 0.4) is 0 Å². The van der Waals surface area contributed by atoms with E-state index >= 15 is 0 Å². The second-order valence-electron chi connectivity index (χ2n) is 4.09. The molecule has 0 aliphatic carbocycles. The van der Waals surface area contributed by atoms with E-state index < -0.39 is 4.92 Å². The van der Waals surface area contributed by atoms with Crippen molar-refractivity contribution in [3.63, 3.8) is 0 Å². The van der Waals surface area contributed by atoms with Gasteiger partial charge in [-0.3, -0.25) is 10.1 Å². The number of nitro groups is 1. The lowest BCUT2D eigenvalue weighted by Crippen LogP contribution is -1.87. The zero-order chi connectivity index (χ0) is 13.9. The van der Waals surface area contributed by atoms with E-state index in [0.717, 1.165) is 5.56 Å². The predicted molar refractivity (Wildman–Crippen MR) is 86.3 cm³/mol. The van der Waals surface area contributed by atoms with Crippen LogP contribution in [-0.4, -0.2) is 15.1 Å². The van der Waals surface area contributed by atoms with E-state index in [1.54, 1.807) is 12.1 Å². The van der Waals surface area contributed by atoms with Crippen LogP contribution in [0, 0.1) is 10.1 Å². The van der Waals surface area contributed by atoms with Gasteiger partial charge < -0.3 is 4.52 Å². The monoisotopic (exact) mass is 339 g/mol. The van der Waals surface area contributed by atoms with E-state index in [1.165, 1.54) is 12.1 Å². The minimum absolute atomic E-state index is 0. The third kappa shape index (κ3) is 3.60. The molecule has 0 aliphatic heterocycles. The summed E-state index contributed by atoms with van der Waals surface area (Å²) in [6, 6.07) is 15.4. The molecule has 0 bridgehead atoms. The Balaban J connectivity index is 0.00000121. The number of rotatable bonds is 3. The minimum Gasteiger partial charge on any atom is -0.334 e. The van der Waals surface area contributed by atoms with E-state index in [4.69, 9.17) is 4.52 Å². The molecule has 0 saturated heterocycles. The molecule has 0 amide bonds. The first kappa shape index (κ1) is 17.6. The molecule has 0 aliphatic rings. The van der Waals surface area contributed by atoms with Crippen LogP contribution in [0.5, 0.6) is 0 Å². The highest BCUT2D eigenvalue weighted by Crippen LogP contribution is 2.23. The SMILES string of the molecule is Cl.Cl.O=[N+]([O-])c1ccc(-c2nc(-c3ccccc3)no2)cc1. The first-order valence-corrected chi connectivity index (χ1v) is 5.88. The predicted octanol–water partition coefficient (Wildman–Crippen LogP) is 4.16. The van der Waals surface area contributed by atoms with Crippen molar-refractivity contribution >= 4 is 30.5 Å². The van der Waals surface area contributed by atoms with E-state index in [0.29, 0.717) is 17.3 Å². The van der Waals surface area contributed by atoms with E-state index in [-0.39, 0.29) is 30.5 Å². The molecule has 3 rings (SSSR count). The lowest BCUT2D eigenvalue weighted by Gasteiger charge is -1.94. The van der Waals surface area contributed by atoms with Gasteiger partial charge >= 0.3 is 0 Å². The van der Waals surface area contributed by atoms with Crippen molar-refractivity contribution < 1.29 is 9.45 Å². The fourth-order valence-electron chi connectivity index (χ4n) is 1.77. The molecule has 6 nitrogen and oxygen atoms in total. The number of hydrogen-bond acceptors (Lipinski definition) is 5. The number of nitrogens with zero attached hydrogens (tertiary/aromatic N) is 3. The van der Waals surface area contributed by atoms with Gasteiger partial charge in [0.15, 0.2) is 0 Å². The number of aromatic nitrogens is 2. The van der Waals surface area contributed by atoms with Crippen molar-refractivity contribution in [1.82, 2.24) is 10.1 Å². The van der Waals surface area contributed by atoms with Gasteiger partial charge in [-0.15, -0.1) is 24.8 Å². The quantitative estimate of drug-likeness (QED) is 0.528. The summed E-state index contributed by atoms with van der Waals surface area (Å²) in [6.45, 7) is 0. The average molecular weight is 340 g/mol. The molecular formula is C14H11Cl2N3O3. The smallest absolute Gasteiger partial charge is 0.269 e. The van der Waals surface area contributed by atoms with Gasteiger partial charge in [0.05, 0.1) is 4.92 Å².